The molecule has 1 amide bonds. The van der Waals surface area contributed by atoms with Crippen LogP contribution >= 0.6 is 11.6 Å². The maximum absolute atomic E-state index is 13.1. The van der Waals surface area contributed by atoms with Gasteiger partial charge in [0, 0.05) is 17.5 Å². The van der Waals surface area contributed by atoms with Gasteiger partial charge in [0.05, 0.1) is 22.6 Å². The van der Waals surface area contributed by atoms with Gasteiger partial charge in [-0.25, -0.2) is 18.2 Å². The highest BCUT2D eigenvalue weighted by Crippen LogP contribution is 2.28. The fourth-order valence-electron chi connectivity index (χ4n) is 4.57. The van der Waals surface area contributed by atoms with Crippen LogP contribution in [-0.2, 0) is 19.4 Å². The predicted molar refractivity (Wildman–Crippen MR) is 118 cm³/mol. The number of aromatic nitrogens is 1. The number of carbonyl (C=O) groups excluding carboxylic acids is 2. The molecule has 4 rings (SSSR count). The SMILES string of the molecule is O=C(OCC(=O)N(C1CCCCC1)C1CCS(=O)(=O)C1)c1ccc2nc(Cl)ccc2c1. The average Bonchev–Trinajstić information content (AvgIpc) is 3.11. The Balaban J connectivity index is 1.45. The second-order valence-electron chi connectivity index (χ2n) is 8.27. The number of sulfone groups is 1. The van der Waals surface area contributed by atoms with E-state index in [-0.39, 0.29) is 29.5 Å². The summed E-state index contributed by atoms with van der Waals surface area (Å²) in [7, 11) is -3.13. The molecule has 2 aromatic rings. The highest BCUT2D eigenvalue weighted by molar-refractivity contribution is 7.91. The summed E-state index contributed by atoms with van der Waals surface area (Å²) in [5.41, 5.74) is 0.975. The quantitative estimate of drug-likeness (QED) is 0.497. The molecule has 1 saturated heterocycles. The zero-order chi connectivity index (χ0) is 22.0. The molecule has 1 aliphatic carbocycles. The van der Waals surface area contributed by atoms with Gasteiger partial charge in [-0.1, -0.05) is 30.9 Å². The molecular weight excluding hydrogens is 440 g/mol. The van der Waals surface area contributed by atoms with E-state index in [0.717, 1.165) is 37.5 Å². The van der Waals surface area contributed by atoms with Crippen molar-refractivity contribution in [3.63, 3.8) is 0 Å². The molecule has 2 heterocycles. The highest BCUT2D eigenvalue weighted by Gasteiger charge is 2.38. The van der Waals surface area contributed by atoms with Gasteiger partial charge in [-0.15, -0.1) is 0 Å². The first kappa shape index (κ1) is 22.0. The molecule has 9 heteroatoms. The number of benzene rings is 1. The maximum Gasteiger partial charge on any atom is 0.338 e. The maximum atomic E-state index is 13.1. The Morgan fingerprint density at radius 1 is 1.06 bits per heavy atom. The Morgan fingerprint density at radius 2 is 1.84 bits per heavy atom. The Hall–Kier alpha value is -2.19. The molecule has 31 heavy (non-hydrogen) atoms. The van der Waals surface area contributed by atoms with E-state index in [0.29, 0.717) is 22.7 Å². The molecule has 1 aromatic carbocycles. The standard InChI is InChI=1S/C22H25ClN2O5S/c23-20-9-7-15-12-16(6-8-19(15)24-20)22(27)30-13-21(26)25(17-4-2-1-3-5-17)18-10-11-31(28,29)14-18/h6-9,12,17-18H,1-5,10-11,13-14H2. The van der Waals surface area contributed by atoms with Crippen molar-refractivity contribution in [2.24, 2.45) is 0 Å². The van der Waals surface area contributed by atoms with Crippen molar-refractivity contribution >= 4 is 44.2 Å². The monoisotopic (exact) mass is 464 g/mol. The lowest BCUT2D eigenvalue weighted by atomic mass is 9.93. The lowest BCUT2D eigenvalue weighted by molar-refractivity contribution is -0.140. The van der Waals surface area contributed by atoms with Gasteiger partial charge >= 0.3 is 5.97 Å². The van der Waals surface area contributed by atoms with Crippen LogP contribution in [0.2, 0.25) is 5.15 Å². The Morgan fingerprint density at radius 3 is 2.55 bits per heavy atom. The topological polar surface area (TPSA) is 93.6 Å². The predicted octanol–water partition coefficient (Wildman–Crippen LogP) is 3.39. The van der Waals surface area contributed by atoms with E-state index >= 15 is 0 Å². The smallest absolute Gasteiger partial charge is 0.338 e. The van der Waals surface area contributed by atoms with Crippen LogP contribution in [-0.4, -0.2) is 60.4 Å². The first-order chi connectivity index (χ1) is 14.8. The minimum absolute atomic E-state index is 0.00902. The summed E-state index contributed by atoms with van der Waals surface area (Å²) in [6, 6.07) is 7.98. The number of pyridine rings is 1. The van der Waals surface area contributed by atoms with Gasteiger partial charge in [-0.05, 0) is 49.6 Å². The molecule has 1 unspecified atom stereocenters. The third kappa shape index (κ3) is 5.18. The van der Waals surface area contributed by atoms with Crippen LogP contribution in [0.4, 0.5) is 0 Å². The van der Waals surface area contributed by atoms with Crippen LogP contribution in [0, 0.1) is 0 Å². The van der Waals surface area contributed by atoms with Gasteiger partial charge in [0.2, 0.25) is 0 Å². The molecule has 0 spiro atoms. The number of rotatable bonds is 5. The van der Waals surface area contributed by atoms with Crippen LogP contribution in [0.3, 0.4) is 0 Å². The average molecular weight is 465 g/mol. The lowest BCUT2D eigenvalue weighted by Gasteiger charge is -2.38. The largest absolute Gasteiger partial charge is 0.452 e. The number of amides is 1. The van der Waals surface area contributed by atoms with Crippen molar-refractivity contribution in [3.05, 3.63) is 41.0 Å². The van der Waals surface area contributed by atoms with Gasteiger partial charge in [-0.2, -0.15) is 0 Å². The van der Waals surface area contributed by atoms with Gasteiger partial charge in [-0.3, -0.25) is 4.79 Å². The van der Waals surface area contributed by atoms with E-state index in [1.54, 1.807) is 35.2 Å². The summed E-state index contributed by atoms with van der Waals surface area (Å²) in [4.78, 5) is 31.5. The van der Waals surface area contributed by atoms with Crippen LogP contribution in [0.25, 0.3) is 10.9 Å². The molecule has 0 bridgehead atoms. The van der Waals surface area contributed by atoms with Gasteiger partial charge in [0.15, 0.2) is 16.4 Å². The van der Waals surface area contributed by atoms with E-state index in [1.807, 2.05) is 0 Å². The number of nitrogens with zero attached hydrogens (tertiary/aromatic N) is 2. The fraction of sp³-hybridized carbons (Fsp3) is 0.500. The summed E-state index contributed by atoms with van der Waals surface area (Å²) < 4.78 is 29.3. The molecule has 2 aliphatic rings. The normalized spacial score (nSPS) is 21.1. The zero-order valence-corrected chi connectivity index (χ0v) is 18.7. The first-order valence-electron chi connectivity index (χ1n) is 10.6. The van der Waals surface area contributed by atoms with Crippen molar-refractivity contribution in [2.75, 3.05) is 18.1 Å². The second kappa shape index (κ2) is 9.12. The summed E-state index contributed by atoms with van der Waals surface area (Å²) in [6.45, 7) is -0.400. The van der Waals surface area contributed by atoms with Crippen molar-refractivity contribution in [3.8, 4) is 0 Å². The second-order valence-corrected chi connectivity index (χ2v) is 10.9. The third-order valence-electron chi connectivity index (χ3n) is 6.08. The highest BCUT2D eigenvalue weighted by atomic mass is 35.5. The summed E-state index contributed by atoms with van der Waals surface area (Å²) in [5.74, 6) is -0.837. The number of esters is 1. The Labute approximate surface area is 186 Å². The summed E-state index contributed by atoms with van der Waals surface area (Å²) in [5, 5.41) is 1.11. The van der Waals surface area contributed by atoms with Crippen molar-refractivity contribution in [2.45, 2.75) is 50.6 Å². The van der Waals surface area contributed by atoms with E-state index < -0.39 is 22.4 Å². The molecule has 1 aliphatic heterocycles. The van der Waals surface area contributed by atoms with Crippen LogP contribution in [0.5, 0.6) is 0 Å². The molecule has 0 radical (unpaired) electrons. The number of hydrogen-bond acceptors (Lipinski definition) is 6. The van der Waals surface area contributed by atoms with Gasteiger partial charge in [0.25, 0.3) is 5.91 Å². The van der Waals surface area contributed by atoms with E-state index in [2.05, 4.69) is 4.98 Å². The molecule has 1 aromatic heterocycles. The molecule has 7 nitrogen and oxygen atoms in total. The lowest BCUT2D eigenvalue weighted by Crippen LogP contribution is -2.50. The van der Waals surface area contributed by atoms with Gasteiger partial charge in [0.1, 0.15) is 5.15 Å². The number of carbonyl (C=O) groups is 2. The summed E-state index contributed by atoms with van der Waals surface area (Å²) in [6.07, 6.45) is 5.32. The molecule has 166 valence electrons. The fourth-order valence-corrected chi connectivity index (χ4v) is 6.44. The van der Waals surface area contributed by atoms with E-state index in [9.17, 15) is 18.0 Å². The zero-order valence-electron chi connectivity index (χ0n) is 17.1. The van der Waals surface area contributed by atoms with Crippen LogP contribution < -0.4 is 0 Å². The molecule has 1 atom stereocenters. The third-order valence-corrected chi connectivity index (χ3v) is 8.04. The minimum Gasteiger partial charge on any atom is -0.452 e. The van der Waals surface area contributed by atoms with E-state index in [1.165, 1.54) is 0 Å². The van der Waals surface area contributed by atoms with Crippen molar-refractivity contribution in [1.82, 2.24) is 9.88 Å². The number of fused-ring (bicyclic) bond motifs is 1. The summed E-state index contributed by atoms with van der Waals surface area (Å²) >= 11 is 5.89. The number of halogens is 1. The Kier molecular flexibility index (Phi) is 6.48. The van der Waals surface area contributed by atoms with E-state index in [4.69, 9.17) is 16.3 Å². The van der Waals surface area contributed by atoms with Crippen molar-refractivity contribution in [1.29, 1.82) is 0 Å². The van der Waals surface area contributed by atoms with Crippen LogP contribution in [0.1, 0.15) is 48.9 Å². The number of ether oxygens (including phenoxy) is 1. The minimum atomic E-state index is -3.13. The molecule has 0 N–H and O–H groups in total. The molecule has 2 fully saturated rings. The van der Waals surface area contributed by atoms with Crippen LogP contribution in [0.15, 0.2) is 30.3 Å². The first-order valence-corrected chi connectivity index (χ1v) is 12.8. The molecule has 1 saturated carbocycles. The van der Waals surface area contributed by atoms with Gasteiger partial charge < -0.3 is 9.64 Å². The molecular formula is C22H25ClN2O5S. The number of hydrogen-bond donors (Lipinski definition) is 0. The Bertz CT molecular complexity index is 1100. The van der Waals surface area contributed by atoms with Crippen molar-refractivity contribution < 1.29 is 22.7 Å².